The zero-order chi connectivity index (χ0) is 24.0. The third kappa shape index (κ3) is 5.60. The zero-order valence-corrected chi connectivity index (χ0v) is 19.4. The van der Waals surface area contributed by atoms with E-state index >= 15 is 0 Å². The van der Waals surface area contributed by atoms with Gasteiger partial charge in [0.25, 0.3) is 11.7 Å². The number of hydrogen-bond donors (Lipinski definition) is 1. The van der Waals surface area contributed by atoms with Crippen molar-refractivity contribution >= 4 is 17.4 Å². The number of ketones is 1. The molecule has 0 aliphatic carbocycles. The summed E-state index contributed by atoms with van der Waals surface area (Å²) in [5.74, 6) is -1.88. The van der Waals surface area contributed by atoms with Gasteiger partial charge in [0.05, 0.1) is 18.2 Å². The summed E-state index contributed by atoms with van der Waals surface area (Å²) in [6, 6.07) is 11.8. The Kier molecular flexibility index (Phi) is 8.22. The highest BCUT2D eigenvalue weighted by Gasteiger charge is 2.46. The van der Waals surface area contributed by atoms with Crippen molar-refractivity contribution in [3.63, 3.8) is 0 Å². The van der Waals surface area contributed by atoms with Crippen LogP contribution in [0.25, 0.3) is 5.76 Å². The van der Waals surface area contributed by atoms with Gasteiger partial charge in [-0.3, -0.25) is 9.59 Å². The van der Waals surface area contributed by atoms with Crippen LogP contribution < -0.4 is 4.74 Å². The molecule has 1 N–H and O–H groups in total. The molecule has 176 valence electrons. The molecule has 3 rings (SSSR count). The molecule has 6 nitrogen and oxygen atoms in total. The van der Waals surface area contributed by atoms with E-state index in [2.05, 4.69) is 6.92 Å². The molecule has 0 spiro atoms. The van der Waals surface area contributed by atoms with E-state index < -0.39 is 23.5 Å². The average Bonchev–Trinajstić information content (AvgIpc) is 3.04. The minimum Gasteiger partial charge on any atom is -0.507 e. The first-order valence-electron chi connectivity index (χ1n) is 11.3. The van der Waals surface area contributed by atoms with Crippen molar-refractivity contribution < 1.29 is 23.8 Å². The van der Waals surface area contributed by atoms with E-state index in [1.54, 1.807) is 42.5 Å². The van der Waals surface area contributed by atoms with E-state index in [1.165, 1.54) is 11.0 Å². The number of hydrogen-bond acceptors (Lipinski definition) is 5. The fourth-order valence-corrected chi connectivity index (χ4v) is 3.91. The number of carbonyl (C=O) groups excluding carboxylic acids is 2. The fourth-order valence-electron chi connectivity index (χ4n) is 3.91. The van der Waals surface area contributed by atoms with E-state index in [9.17, 15) is 19.1 Å². The van der Waals surface area contributed by atoms with Crippen molar-refractivity contribution in [2.24, 2.45) is 0 Å². The summed E-state index contributed by atoms with van der Waals surface area (Å²) in [6.07, 6.45) is 2.48. The number of rotatable bonds is 10. The van der Waals surface area contributed by atoms with E-state index in [0.717, 1.165) is 12.8 Å². The number of unbranched alkanes of at least 4 members (excludes halogenated alkanes) is 1. The van der Waals surface area contributed by atoms with Crippen LogP contribution >= 0.6 is 0 Å². The van der Waals surface area contributed by atoms with Gasteiger partial charge in [0, 0.05) is 17.7 Å². The molecule has 0 saturated carbocycles. The van der Waals surface area contributed by atoms with Crippen LogP contribution in [0.2, 0.25) is 0 Å². The Bertz CT molecular complexity index is 1030. The number of aliphatic hydroxyl groups is 1. The van der Waals surface area contributed by atoms with Gasteiger partial charge < -0.3 is 19.6 Å². The molecule has 1 aliphatic heterocycles. The first-order valence-corrected chi connectivity index (χ1v) is 11.3. The number of aliphatic hydroxyl groups excluding tert-OH is 1. The summed E-state index contributed by atoms with van der Waals surface area (Å²) < 4.78 is 20.5. The Morgan fingerprint density at radius 2 is 1.88 bits per heavy atom. The van der Waals surface area contributed by atoms with Crippen LogP contribution in [-0.2, 0) is 9.59 Å². The number of nitrogens with zero attached hydrogens (tertiary/aromatic N) is 2. The third-order valence-corrected chi connectivity index (χ3v) is 5.62. The van der Waals surface area contributed by atoms with Gasteiger partial charge in [-0.05, 0) is 51.7 Å². The first-order chi connectivity index (χ1) is 15.8. The van der Waals surface area contributed by atoms with Crippen molar-refractivity contribution in [2.75, 3.05) is 33.8 Å². The van der Waals surface area contributed by atoms with Crippen molar-refractivity contribution in [2.45, 2.75) is 32.2 Å². The topological polar surface area (TPSA) is 70.1 Å². The molecule has 2 aromatic rings. The predicted molar refractivity (Wildman–Crippen MR) is 125 cm³/mol. The molecule has 0 radical (unpaired) electrons. The highest BCUT2D eigenvalue weighted by Crippen LogP contribution is 2.40. The molecule has 1 saturated heterocycles. The van der Waals surface area contributed by atoms with Gasteiger partial charge in [-0.2, -0.15) is 0 Å². The average molecular weight is 455 g/mol. The van der Waals surface area contributed by atoms with Gasteiger partial charge in [-0.25, -0.2) is 4.39 Å². The van der Waals surface area contributed by atoms with Crippen LogP contribution in [0.5, 0.6) is 5.75 Å². The Balaban J connectivity index is 2.04. The Labute approximate surface area is 194 Å². The lowest BCUT2D eigenvalue weighted by Gasteiger charge is -2.26. The quantitative estimate of drug-likeness (QED) is 0.250. The molecule has 1 heterocycles. The van der Waals surface area contributed by atoms with E-state index in [0.29, 0.717) is 30.9 Å². The summed E-state index contributed by atoms with van der Waals surface area (Å²) in [4.78, 5) is 29.3. The minimum absolute atomic E-state index is 0.110. The van der Waals surface area contributed by atoms with Crippen LogP contribution in [0, 0.1) is 5.82 Å². The van der Waals surface area contributed by atoms with Crippen LogP contribution in [0.15, 0.2) is 54.1 Å². The predicted octanol–water partition coefficient (Wildman–Crippen LogP) is 4.38. The first kappa shape index (κ1) is 24.5. The van der Waals surface area contributed by atoms with Crippen molar-refractivity contribution in [3.8, 4) is 5.75 Å². The summed E-state index contributed by atoms with van der Waals surface area (Å²) in [5.41, 5.74) is 0.413. The largest absolute Gasteiger partial charge is 0.507 e. The lowest BCUT2D eigenvalue weighted by atomic mass is 9.95. The molecule has 1 unspecified atom stereocenters. The molecule has 7 heteroatoms. The Morgan fingerprint density at radius 1 is 1.12 bits per heavy atom. The smallest absolute Gasteiger partial charge is 0.295 e. The normalized spacial score (nSPS) is 17.7. The van der Waals surface area contributed by atoms with Gasteiger partial charge in [-0.1, -0.05) is 43.7 Å². The SMILES string of the molecule is CCCCOc1cccc(C(O)=C2C(=O)C(=O)N(CCCN(C)C)C2c2ccccc2F)c1. The zero-order valence-electron chi connectivity index (χ0n) is 19.4. The van der Waals surface area contributed by atoms with Crippen molar-refractivity contribution in [3.05, 3.63) is 71.0 Å². The molecule has 1 atom stereocenters. The maximum absolute atomic E-state index is 14.8. The summed E-state index contributed by atoms with van der Waals surface area (Å²) >= 11 is 0. The summed E-state index contributed by atoms with van der Waals surface area (Å²) in [5, 5.41) is 11.2. The Hall–Kier alpha value is -3.19. The molecule has 0 bridgehead atoms. The van der Waals surface area contributed by atoms with Gasteiger partial charge in [0.1, 0.15) is 17.3 Å². The molecular weight excluding hydrogens is 423 g/mol. The molecule has 1 amide bonds. The van der Waals surface area contributed by atoms with Gasteiger partial charge in [0.15, 0.2) is 0 Å². The van der Waals surface area contributed by atoms with E-state index in [4.69, 9.17) is 4.74 Å². The van der Waals surface area contributed by atoms with Gasteiger partial charge in [-0.15, -0.1) is 0 Å². The summed E-state index contributed by atoms with van der Waals surface area (Å²) in [7, 11) is 3.83. The summed E-state index contributed by atoms with van der Waals surface area (Å²) in [6.45, 7) is 3.56. The van der Waals surface area contributed by atoms with Gasteiger partial charge >= 0.3 is 0 Å². The van der Waals surface area contributed by atoms with Gasteiger partial charge in [0.2, 0.25) is 0 Å². The molecular formula is C26H31FN2O4. The van der Waals surface area contributed by atoms with E-state index in [-0.39, 0.29) is 23.4 Å². The number of benzene rings is 2. The molecule has 0 aromatic heterocycles. The van der Waals surface area contributed by atoms with Crippen LogP contribution in [0.4, 0.5) is 4.39 Å². The molecule has 1 aliphatic rings. The van der Waals surface area contributed by atoms with E-state index in [1.807, 2.05) is 19.0 Å². The number of amides is 1. The van der Waals surface area contributed by atoms with Crippen molar-refractivity contribution in [1.82, 2.24) is 9.80 Å². The fraction of sp³-hybridized carbons (Fsp3) is 0.385. The number of likely N-dealkylation sites (tertiary alicyclic amines) is 1. The minimum atomic E-state index is -1.00. The Morgan fingerprint density at radius 3 is 2.58 bits per heavy atom. The molecule has 2 aromatic carbocycles. The lowest BCUT2D eigenvalue weighted by molar-refractivity contribution is -0.140. The molecule has 1 fully saturated rings. The highest BCUT2D eigenvalue weighted by atomic mass is 19.1. The molecule has 33 heavy (non-hydrogen) atoms. The number of halogens is 1. The maximum atomic E-state index is 14.8. The van der Waals surface area contributed by atoms with Crippen molar-refractivity contribution in [1.29, 1.82) is 0 Å². The second kappa shape index (κ2) is 11.1. The monoisotopic (exact) mass is 454 g/mol. The standard InChI is InChI=1S/C26H31FN2O4/c1-4-5-16-33-19-11-8-10-18(17-19)24(30)22-23(20-12-6-7-13-21(20)27)29(26(32)25(22)31)15-9-14-28(2)3/h6-8,10-13,17,23,30H,4-5,9,14-16H2,1-3H3. The third-order valence-electron chi connectivity index (χ3n) is 5.62. The number of ether oxygens (including phenoxy) is 1. The van der Waals surface area contributed by atoms with Crippen LogP contribution in [0.1, 0.15) is 43.4 Å². The maximum Gasteiger partial charge on any atom is 0.295 e. The second-order valence-corrected chi connectivity index (χ2v) is 8.40. The highest BCUT2D eigenvalue weighted by molar-refractivity contribution is 6.46. The lowest BCUT2D eigenvalue weighted by Crippen LogP contribution is -2.32. The number of carbonyl (C=O) groups is 2. The van der Waals surface area contributed by atoms with Crippen LogP contribution in [-0.4, -0.2) is 60.4 Å². The second-order valence-electron chi connectivity index (χ2n) is 8.40. The van der Waals surface area contributed by atoms with Crippen LogP contribution in [0.3, 0.4) is 0 Å². The number of Topliss-reactive ketones (excluding diaryl/α,β-unsaturated/α-hetero) is 1.